The molecule has 1 saturated carbocycles. The monoisotopic (exact) mass is 262 g/mol. The fourth-order valence-electron chi connectivity index (χ4n) is 1.58. The third kappa shape index (κ3) is 6.06. The molecule has 1 aliphatic carbocycles. The smallest absolute Gasteiger partial charge is 0.330 e. The van der Waals surface area contributed by atoms with Crippen molar-refractivity contribution in [2.45, 2.75) is 57.2 Å². The molecule has 0 bridgehead atoms. The number of unbranched alkanes of at least 4 members (excludes halogenated alkanes) is 1. The van der Waals surface area contributed by atoms with Gasteiger partial charge in [-0.2, -0.15) is 0 Å². The summed E-state index contributed by atoms with van der Waals surface area (Å²) in [6, 6.07) is 0. The minimum absolute atomic E-state index is 0.000840. The van der Waals surface area contributed by atoms with Gasteiger partial charge in [0.2, 0.25) is 0 Å². The summed E-state index contributed by atoms with van der Waals surface area (Å²) in [5.74, 6) is -0.333. The van der Waals surface area contributed by atoms with Crippen LogP contribution in [0.3, 0.4) is 0 Å². The van der Waals surface area contributed by atoms with Gasteiger partial charge in [-0.25, -0.2) is 9.18 Å². The fraction of sp³-hybridized carbons (Fsp3) is 0.769. The first-order chi connectivity index (χ1) is 7.71. The molecule has 0 aliphatic heterocycles. The number of ether oxygens (including phenoxy) is 1. The molecule has 98 valence electrons. The molecule has 0 radical (unpaired) electrons. The Morgan fingerprint density at radius 3 is 2.65 bits per heavy atom. The van der Waals surface area contributed by atoms with Crippen molar-refractivity contribution in [3.8, 4) is 0 Å². The molecule has 1 aliphatic rings. The summed E-state index contributed by atoms with van der Waals surface area (Å²) >= 11 is 5.48. The van der Waals surface area contributed by atoms with Gasteiger partial charge in [0.15, 0.2) is 5.13 Å². The molecular weight excluding hydrogens is 243 g/mol. The van der Waals surface area contributed by atoms with Gasteiger partial charge >= 0.3 is 5.97 Å². The highest BCUT2D eigenvalue weighted by Crippen LogP contribution is 2.53. The standard InChI is InChI=1S/C13H20ClFO2/c1-12(2,3)17-11(16)8-6-4-5-7-10-9-13(10,14)15/h6,8,10H,4-5,7,9H2,1-3H3/b8-6+. The summed E-state index contributed by atoms with van der Waals surface area (Å²) < 4.78 is 18.1. The van der Waals surface area contributed by atoms with E-state index in [2.05, 4.69) is 0 Å². The number of carbonyl (C=O) groups excluding carboxylic acids is 1. The maximum atomic E-state index is 13.0. The van der Waals surface area contributed by atoms with Crippen LogP contribution in [0.5, 0.6) is 0 Å². The van der Waals surface area contributed by atoms with Crippen molar-refractivity contribution in [2.24, 2.45) is 5.92 Å². The van der Waals surface area contributed by atoms with Gasteiger partial charge in [0, 0.05) is 18.4 Å². The number of hydrogen-bond acceptors (Lipinski definition) is 2. The van der Waals surface area contributed by atoms with Crippen LogP contribution in [0.1, 0.15) is 46.5 Å². The Bertz CT molecular complexity index is 305. The van der Waals surface area contributed by atoms with Crippen molar-refractivity contribution >= 4 is 17.6 Å². The lowest BCUT2D eigenvalue weighted by Gasteiger charge is -2.17. The van der Waals surface area contributed by atoms with Crippen LogP contribution in [0.25, 0.3) is 0 Å². The van der Waals surface area contributed by atoms with E-state index in [-0.39, 0.29) is 11.9 Å². The molecule has 0 aromatic rings. The van der Waals surface area contributed by atoms with Gasteiger partial charge in [0.25, 0.3) is 0 Å². The predicted molar refractivity (Wildman–Crippen MR) is 66.6 cm³/mol. The minimum atomic E-state index is -1.45. The molecule has 1 fully saturated rings. The first-order valence-electron chi connectivity index (χ1n) is 5.98. The number of alkyl halides is 2. The Hall–Kier alpha value is -0.570. The topological polar surface area (TPSA) is 26.3 Å². The Kier molecular flexibility index (Phi) is 4.59. The van der Waals surface area contributed by atoms with Gasteiger partial charge in [-0.1, -0.05) is 17.7 Å². The largest absolute Gasteiger partial charge is 0.457 e. The van der Waals surface area contributed by atoms with E-state index in [9.17, 15) is 9.18 Å². The number of carbonyl (C=O) groups is 1. The number of esters is 1. The van der Waals surface area contributed by atoms with E-state index >= 15 is 0 Å². The molecule has 4 heteroatoms. The normalized spacial score (nSPS) is 28.4. The molecule has 2 unspecified atom stereocenters. The van der Waals surface area contributed by atoms with Crippen molar-refractivity contribution in [3.05, 3.63) is 12.2 Å². The van der Waals surface area contributed by atoms with Crippen molar-refractivity contribution in [3.63, 3.8) is 0 Å². The predicted octanol–water partition coefficient (Wildman–Crippen LogP) is 3.98. The Balaban J connectivity index is 2.08. The fourth-order valence-corrected chi connectivity index (χ4v) is 1.88. The molecule has 0 spiro atoms. The summed E-state index contributed by atoms with van der Waals surface area (Å²) in [4.78, 5) is 11.3. The molecule has 2 nitrogen and oxygen atoms in total. The molecule has 0 N–H and O–H groups in total. The van der Waals surface area contributed by atoms with Gasteiger partial charge in [-0.3, -0.25) is 0 Å². The van der Waals surface area contributed by atoms with Crippen LogP contribution in [0.15, 0.2) is 12.2 Å². The quantitative estimate of drug-likeness (QED) is 0.324. The number of halogens is 2. The zero-order valence-electron chi connectivity index (χ0n) is 10.6. The van der Waals surface area contributed by atoms with E-state index in [0.717, 1.165) is 19.3 Å². The maximum Gasteiger partial charge on any atom is 0.330 e. The summed E-state index contributed by atoms with van der Waals surface area (Å²) in [5.41, 5.74) is -0.456. The molecule has 0 aromatic carbocycles. The maximum absolute atomic E-state index is 13.0. The van der Waals surface area contributed by atoms with Crippen LogP contribution in [0.2, 0.25) is 0 Å². The Morgan fingerprint density at radius 1 is 1.59 bits per heavy atom. The van der Waals surface area contributed by atoms with E-state index in [1.54, 1.807) is 6.08 Å². The van der Waals surface area contributed by atoms with Gasteiger partial charge < -0.3 is 4.74 Å². The summed E-state index contributed by atoms with van der Waals surface area (Å²) in [6.45, 7) is 5.48. The molecule has 0 saturated heterocycles. The van der Waals surface area contributed by atoms with Crippen molar-refractivity contribution in [1.29, 1.82) is 0 Å². The van der Waals surface area contributed by atoms with Gasteiger partial charge in [0.05, 0.1) is 0 Å². The van der Waals surface area contributed by atoms with Crippen LogP contribution < -0.4 is 0 Å². The third-order valence-corrected chi connectivity index (χ3v) is 3.00. The SMILES string of the molecule is CC(C)(C)OC(=O)/C=C/CCCC1CC1(F)Cl. The average Bonchev–Trinajstić information content (AvgIpc) is 2.70. The van der Waals surface area contributed by atoms with Crippen LogP contribution in [-0.4, -0.2) is 16.7 Å². The molecule has 0 aromatic heterocycles. The second kappa shape index (κ2) is 5.38. The number of rotatable bonds is 5. The van der Waals surface area contributed by atoms with E-state index in [1.807, 2.05) is 20.8 Å². The van der Waals surface area contributed by atoms with Crippen molar-refractivity contribution in [2.75, 3.05) is 0 Å². The van der Waals surface area contributed by atoms with Crippen LogP contribution >= 0.6 is 11.6 Å². The Morgan fingerprint density at radius 2 is 2.18 bits per heavy atom. The third-order valence-electron chi connectivity index (χ3n) is 2.54. The highest BCUT2D eigenvalue weighted by Gasteiger charge is 2.53. The molecule has 2 atom stereocenters. The molecule has 17 heavy (non-hydrogen) atoms. The highest BCUT2D eigenvalue weighted by molar-refractivity contribution is 6.24. The first kappa shape index (κ1) is 14.5. The lowest BCUT2D eigenvalue weighted by molar-refractivity contribution is -0.148. The van der Waals surface area contributed by atoms with Crippen LogP contribution in [0.4, 0.5) is 4.39 Å². The molecule has 0 heterocycles. The molecule has 1 rings (SSSR count). The van der Waals surface area contributed by atoms with E-state index < -0.39 is 10.7 Å². The zero-order chi connectivity index (χ0) is 13.1. The van der Waals surface area contributed by atoms with Crippen LogP contribution in [-0.2, 0) is 9.53 Å². The van der Waals surface area contributed by atoms with E-state index in [1.165, 1.54) is 6.08 Å². The molecule has 0 amide bonds. The summed E-state index contributed by atoms with van der Waals surface area (Å²) in [7, 11) is 0. The first-order valence-corrected chi connectivity index (χ1v) is 6.36. The lowest BCUT2D eigenvalue weighted by Crippen LogP contribution is -2.22. The number of allylic oxidation sites excluding steroid dienone is 1. The molecular formula is C13H20ClFO2. The lowest BCUT2D eigenvalue weighted by atomic mass is 10.1. The highest BCUT2D eigenvalue weighted by atomic mass is 35.5. The number of hydrogen-bond donors (Lipinski definition) is 0. The van der Waals surface area contributed by atoms with Crippen molar-refractivity contribution < 1.29 is 13.9 Å². The van der Waals surface area contributed by atoms with E-state index in [0.29, 0.717) is 6.42 Å². The van der Waals surface area contributed by atoms with Gasteiger partial charge in [-0.15, -0.1) is 0 Å². The summed E-state index contributed by atoms with van der Waals surface area (Å²) in [6.07, 6.45) is 6.04. The second-order valence-electron chi connectivity index (χ2n) is 5.53. The zero-order valence-corrected chi connectivity index (χ0v) is 11.4. The van der Waals surface area contributed by atoms with Crippen molar-refractivity contribution in [1.82, 2.24) is 0 Å². The van der Waals surface area contributed by atoms with Gasteiger partial charge in [0.1, 0.15) is 5.60 Å². The average molecular weight is 263 g/mol. The summed E-state index contributed by atoms with van der Waals surface area (Å²) in [5, 5.41) is -1.45. The van der Waals surface area contributed by atoms with E-state index in [4.69, 9.17) is 16.3 Å². The minimum Gasteiger partial charge on any atom is -0.457 e. The Labute approximate surface area is 107 Å². The van der Waals surface area contributed by atoms with Gasteiger partial charge in [-0.05, 0) is 40.0 Å². The second-order valence-corrected chi connectivity index (χ2v) is 6.16. The van der Waals surface area contributed by atoms with Crippen LogP contribution in [0, 0.1) is 5.92 Å².